The lowest BCUT2D eigenvalue weighted by Gasteiger charge is -2.07. The molecule has 0 saturated heterocycles. The molecule has 1 heterocycles. The van der Waals surface area contributed by atoms with Crippen molar-refractivity contribution in [3.05, 3.63) is 29.3 Å². The van der Waals surface area contributed by atoms with Crippen molar-refractivity contribution >= 4 is 21.6 Å². The smallest absolute Gasteiger partial charge is 0.111 e. The van der Waals surface area contributed by atoms with Crippen LogP contribution in [0.3, 0.4) is 0 Å². The number of hydrogen-bond acceptors (Lipinski definition) is 3. The lowest BCUT2D eigenvalue weighted by atomic mass is 10.3. The number of fused-ring (bicyclic) bond motifs is 1. The highest BCUT2D eigenvalue weighted by Crippen LogP contribution is 2.25. The van der Waals surface area contributed by atoms with Gasteiger partial charge in [-0.1, -0.05) is 19.1 Å². The maximum atomic E-state index is 4.59. The summed E-state index contributed by atoms with van der Waals surface area (Å²) in [5.41, 5.74) is 1.11. The molecule has 0 fully saturated rings. The predicted octanol–water partition coefficient (Wildman–Crippen LogP) is 2.97. The SMILES string of the molecule is CCNC(C)c1nc2ccccc2s1. The lowest BCUT2D eigenvalue weighted by molar-refractivity contribution is 0.596. The number of rotatable bonds is 3. The minimum Gasteiger partial charge on any atom is -0.308 e. The third kappa shape index (κ3) is 1.79. The second-order valence-electron chi connectivity index (χ2n) is 3.30. The molecule has 0 spiro atoms. The van der Waals surface area contributed by atoms with E-state index in [4.69, 9.17) is 0 Å². The second kappa shape index (κ2) is 4.07. The van der Waals surface area contributed by atoms with Gasteiger partial charge in [-0.2, -0.15) is 0 Å². The molecule has 1 unspecified atom stereocenters. The molecule has 1 atom stereocenters. The Hall–Kier alpha value is -0.930. The second-order valence-corrected chi connectivity index (χ2v) is 4.36. The number of hydrogen-bond donors (Lipinski definition) is 1. The molecule has 2 aromatic rings. The van der Waals surface area contributed by atoms with Gasteiger partial charge in [-0.3, -0.25) is 0 Å². The normalized spacial score (nSPS) is 13.3. The third-order valence-corrected chi connectivity index (χ3v) is 3.41. The molecule has 0 aliphatic carbocycles. The predicted molar refractivity (Wildman–Crippen MR) is 61.7 cm³/mol. The molecular formula is C11H14N2S. The maximum absolute atomic E-state index is 4.59. The number of benzene rings is 1. The summed E-state index contributed by atoms with van der Waals surface area (Å²) in [6, 6.07) is 8.63. The molecule has 14 heavy (non-hydrogen) atoms. The van der Waals surface area contributed by atoms with Crippen LogP contribution in [0.15, 0.2) is 24.3 Å². The van der Waals surface area contributed by atoms with E-state index in [1.54, 1.807) is 11.3 Å². The monoisotopic (exact) mass is 206 g/mol. The van der Waals surface area contributed by atoms with Gasteiger partial charge < -0.3 is 5.32 Å². The van der Waals surface area contributed by atoms with Gasteiger partial charge in [0, 0.05) is 0 Å². The van der Waals surface area contributed by atoms with Crippen LogP contribution < -0.4 is 5.32 Å². The minimum atomic E-state index is 0.359. The van der Waals surface area contributed by atoms with Gasteiger partial charge >= 0.3 is 0 Å². The van der Waals surface area contributed by atoms with Crippen LogP contribution in [0.25, 0.3) is 10.2 Å². The van der Waals surface area contributed by atoms with Crippen LogP contribution in [0, 0.1) is 0 Å². The Morgan fingerprint density at radius 1 is 1.43 bits per heavy atom. The van der Waals surface area contributed by atoms with Crippen LogP contribution in [0.4, 0.5) is 0 Å². The molecule has 0 radical (unpaired) electrons. The summed E-state index contributed by atoms with van der Waals surface area (Å²) in [5.74, 6) is 0. The molecule has 0 saturated carbocycles. The van der Waals surface area contributed by atoms with Gasteiger partial charge in [-0.15, -0.1) is 11.3 Å². The van der Waals surface area contributed by atoms with E-state index in [1.165, 1.54) is 9.71 Å². The highest BCUT2D eigenvalue weighted by atomic mass is 32.1. The van der Waals surface area contributed by atoms with Crippen molar-refractivity contribution in [2.75, 3.05) is 6.54 Å². The quantitative estimate of drug-likeness (QED) is 0.835. The van der Waals surface area contributed by atoms with Crippen LogP contribution in [-0.4, -0.2) is 11.5 Å². The standard InChI is InChI=1S/C11H14N2S/c1-3-12-8(2)11-13-9-6-4-5-7-10(9)14-11/h4-8,12H,3H2,1-2H3. The molecule has 0 amide bonds. The first-order valence-electron chi connectivity index (χ1n) is 4.90. The van der Waals surface area contributed by atoms with Crippen molar-refractivity contribution in [2.45, 2.75) is 19.9 Å². The largest absolute Gasteiger partial charge is 0.308 e. The van der Waals surface area contributed by atoms with Crippen LogP contribution in [-0.2, 0) is 0 Å². The Morgan fingerprint density at radius 2 is 2.21 bits per heavy atom. The van der Waals surface area contributed by atoms with Gasteiger partial charge in [-0.25, -0.2) is 4.98 Å². The van der Waals surface area contributed by atoms with Crippen molar-refractivity contribution in [3.63, 3.8) is 0 Å². The van der Waals surface area contributed by atoms with Gasteiger partial charge in [0.05, 0.1) is 16.3 Å². The fraction of sp³-hybridized carbons (Fsp3) is 0.364. The zero-order chi connectivity index (χ0) is 9.97. The summed E-state index contributed by atoms with van der Waals surface area (Å²) in [7, 11) is 0. The number of nitrogens with zero attached hydrogens (tertiary/aromatic N) is 1. The van der Waals surface area contributed by atoms with Gasteiger partial charge in [0.2, 0.25) is 0 Å². The van der Waals surface area contributed by atoms with Gasteiger partial charge in [0.15, 0.2) is 0 Å². The fourth-order valence-electron chi connectivity index (χ4n) is 1.47. The van der Waals surface area contributed by atoms with Crippen LogP contribution in [0.5, 0.6) is 0 Å². The average molecular weight is 206 g/mol. The van der Waals surface area contributed by atoms with Crippen LogP contribution >= 0.6 is 11.3 Å². The van der Waals surface area contributed by atoms with E-state index >= 15 is 0 Å². The first-order chi connectivity index (χ1) is 6.81. The number of para-hydroxylation sites is 1. The van der Waals surface area contributed by atoms with E-state index in [0.717, 1.165) is 12.1 Å². The van der Waals surface area contributed by atoms with E-state index in [0.29, 0.717) is 6.04 Å². The molecule has 1 aromatic heterocycles. The van der Waals surface area contributed by atoms with E-state index in [1.807, 2.05) is 6.07 Å². The molecule has 74 valence electrons. The molecule has 1 N–H and O–H groups in total. The van der Waals surface area contributed by atoms with Crippen molar-refractivity contribution in [2.24, 2.45) is 0 Å². The van der Waals surface area contributed by atoms with Crippen LogP contribution in [0.1, 0.15) is 24.9 Å². The molecule has 0 bridgehead atoms. The highest BCUT2D eigenvalue weighted by molar-refractivity contribution is 7.18. The van der Waals surface area contributed by atoms with Crippen molar-refractivity contribution in [3.8, 4) is 0 Å². The Labute approximate surface area is 88.0 Å². The summed E-state index contributed by atoms with van der Waals surface area (Å²) >= 11 is 1.77. The first-order valence-corrected chi connectivity index (χ1v) is 5.71. The molecule has 2 rings (SSSR count). The Morgan fingerprint density at radius 3 is 2.93 bits per heavy atom. The molecule has 1 aromatic carbocycles. The zero-order valence-corrected chi connectivity index (χ0v) is 9.27. The summed E-state index contributed by atoms with van der Waals surface area (Å²) in [6.45, 7) is 5.25. The zero-order valence-electron chi connectivity index (χ0n) is 8.45. The maximum Gasteiger partial charge on any atom is 0.111 e. The fourth-order valence-corrected chi connectivity index (χ4v) is 2.46. The Kier molecular flexibility index (Phi) is 2.79. The highest BCUT2D eigenvalue weighted by Gasteiger charge is 2.09. The average Bonchev–Trinajstić information content (AvgIpc) is 2.61. The molecule has 0 aliphatic heterocycles. The van der Waals surface area contributed by atoms with Gasteiger partial charge in [-0.05, 0) is 25.6 Å². The van der Waals surface area contributed by atoms with Crippen molar-refractivity contribution in [1.82, 2.24) is 10.3 Å². The number of aromatic nitrogens is 1. The summed E-state index contributed by atoms with van der Waals surface area (Å²) in [5, 5.41) is 4.54. The lowest BCUT2D eigenvalue weighted by Crippen LogP contribution is -2.17. The molecule has 2 nitrogen and oxygen atoms in total. The van der Waals surface area contributed by atoms with E-state index in [2.05, 4.69) is 42.3 Å². The van der Waals surface area contributed by atoms with Gasteiger partial charge in [0.25, 0.3) is 0 Å². The molecule has 3 heteroatoms. The molecule has 0 aliphatic rings. The van der Waals surface area contributed by atoms with E-state index < -0.39 is 0 Å². The van der Waals surface area contributed by atoms with Gasteiger partial charge in [0.1, 0.15) is 5.01 Å². The summed E-state index contributed by atoms with van der Waals surface area (Å²) in [6.07, 6.45) is 0. The van der Waals surface area contributed by atoms with Crippen LogP contribution in [0.2, 0.25) is 0 Å². The Bertz CT molecular complexity index is 389. The van der Waals surface area contributed by atoms with E-state index in [9.17, 15) is 0 Å². The summed E-state index contributed by atoms with van der Waals surface area (Å²) < 4.78 is 1.27. The Balaban J connectivity index is 2.35. The third-order valence-electron chi connectivity index (χ3n) is 2.19. The number of nitrogens with one attached hydrogen (secondary N) is 1. The van der Waals surface area contributed by atoms with E-state index in [-0.39, 0.29) is 0 Å². The topological polar surface area (TPSA) is 24.9 Å². The minimum absolute atomic E-state index is 0.359. The van der Waals surface area contributed by atoms with Crippen molar-refractivity contribution < 1.29 is 0 Å². The molecular weight excluding hydrogens is 192 g/mol. The van der Waals surface area contributed by atoms with Crippen molar-refractivity contribution in [1.29, 1.82) is 0 Å². The number of thiazole rings is 1. The first kappa shape index (κ1) is 9.62. The summed E-state index contributed by atoms with van der Waals surface area (Å²) in [4.78, 5) is 4.59.